The molecule has 1 N–H and O–H groups in total. The minimum atomic E-state index is -1.08. The number of benzene rings is 1. The summed E-state index contributed by atoms with van der Waals surface area (Å²) in [5.41, 5.74) is -0.269. The van der Waals surface area contributed by atoms with Crippen molar-refractivity contribution in [3.05, 3.63) is 35.9 Å². The van der Waals surface area contributed by atoms with Gasteiger partial charge < -0.3 is 5.11 Å². The zero-order valence-electron chi connectivity index (χ0n) is 8.13. The number of aliphatic hydroxyl groups is 1. The first-order valence-corrected chi connectivity index (χ1v) is 5.04. The SMILES string of the molecule is CC(O)(C#CCCCl)c1ccccc1. The number of halogens is 1. The van der Waals surface area contributed by atoms with Gasteiger partial charge in [0, 0.05) is 12.3 Å². The molecule has 0 aliphatic rings. The van der Waals surface area contributed by atoms with Crippen molar-refractivity contribution in [1.29, 1.82) is 0 Å². The van der Waals surface area contributed by atoms with Crippen LogP contribution < -0.4 is 0 Å². The van der Waals surface area contributed by atoms with E-state index in [-0.39, 0.29) is 0 Å². The number of rotatable bonds is 2. The molecule has 0 radical (unpaired) electrons. The van der Waals surface area contributed by atoms with Gasteiger partial charge in [-0.1, -0.05) is 42.2 Å². The molecular weight excluding hydrogens is 196 g/mol. The molecule has 0 spiro atoms. The summed E-state index contributed by atoms with van der Waals surface area (Å²) >= 11 is 5.49. The Kier molecular flexibility index (Phi) is 4.00. The van der Waals surface area contributed by atoms with Crippen molar-refractivity contribution in [1.82, 2.24) is 0 Å². The Labute approximate surface area is 89.7 Å². The van der Waals surface area contributed by atoms with Crippen molar-refractivity contribution in [3.63, 3.8) is 0 Å². The van der Waals surface area contributed by atoms with Gasteiger partial charge in [0.15, 0.2) is 0 Å². The highest BCUT2D eigenvalue weighted by molar-refractivity contribution is 6.18. The van der Waals surface area contributed by atoms with E-state index in [1.807, 2.05) is 30.3 Å². The van der Waals surface area contributed by atoms with E-state index in [1.165, 1.54) is 0 Å². The average molecular weight is 209 g/mol. The molecule has 2 heteroatoms. The first-order valence-electron chi connectivity index (χ1n) is 4.51. The normalized spacial score (nSPS) is 13.9. The third-order valence-electron chi connectivity index (χ3n) is 1.89. The van der Waals surface area contributed by atoms with Gasteiger partial charge in [0.2, 0.25) is 0 Å². The smallest absolute Gasteiger partial charge is 0.148 e. The van der Waals surface area contributed by atoms with E-state index in [0.29, 0.717) is 12.3 Å². The molecule has 0 fully saturated rings. The maximum atomic E-state index is 10.00. The summed E-state index contributed by atoms with van der Waals surface area (Å²) in [6.45, 7) is 1.68. The van der Waals surface area contributed by atoms with Crippen LogP contribution in [0.3, 0.4) is 0 Å². The van der Waals surface area contributed by atoms with Crippen molar-refractivity contribution in [2.75, 3.05) is 5.88 Å². The Balaban J connectivity index is 2.82. The highest BCUT2D eigenvalue weighted by Gasteiger charge is 2.18. The van der Waals surface area contributed by atoms with Crippen LogP contribution in [0.5, 0.6) is 0 Å². The average Bonchev–Trinajstić information content (AvgIpc) is 2.19. The van der Waals surface area contributed by atoms with E-state index in [9.17, 15) is 5.11 Å². The molecule has 0 saturated heterocycles. The second-order valence-corrected chi connectivity index (χ2v) is 3.56. The van der Waals surface area contributed by atoms with Crippen molar-refractivity contribution in [3.8, 4) is 11.8 Å². The molecule has 0 aliphatic carbocycles. The minimum absolute atomic E-state index is 0.498. The molecule has 0 bridgehead atoms. The molecule has 0 aliphatic heterocycles. The summed E-state index contributed by atoms with van der Waals surface area (Å²) in [5.74, 6) is 6.14. The van der Waals surface area contributed by atoms with E-state index in [1.54, 1.807) is 6.92 Å². The third kappa shape index (κ3) is 3.06. The van der Waals surface area contributed by atoms with Gasteiger partial charge >= 0.3 is 0 Å². The van der Waals surface area contributed by atoms with Crippen molar-refractivity contribution >= 4 is 11.6 Å². The molecule has 0 amide bonds. The van der Waals surface area contributed by atoms with Crippen LogP contribution in [0, 0.1) is 11.8 Å². The van der Waals surface area contributed by atoms with Crippen LogP contribution >= 0.6 is 11.6 Å². The Bertz CT molecular complexity index is 332. The Hall–Kier alpha value is -0.970. The molecule has 1 nitrogen and oxygen atoms in total. The summed E-state index contributed by atoms with van der Waals surface area (Å²) in [5, 5.41) is 10.00. The first kappa shape index (κ1) is 11.1. The fourth-order valence-electron chi connectivity index (χ4n) is 1.12. The first-order chi connectivity index (χ1) is 6.67. The van der Waals surface area contributed by atoms with Gasteiger partial charge in [-0.2, -0.15) is 0 Å². The van der Waals surface area contributed by atoms with Crippen LogP contribution in [-0.4, -0.2) is 11.0 Å². The van der Waals surface area contributed by atoms with E-state index in [0.717, 1.165) is 5.56 Å². The Morgan fingerprint density at radius 1 is 1.36 bits per heavy atom. The molecule has 0 aromatic heterocycles. The van der Waals surface area contributed by atoms with Gasteiger partial charge in [0.25, 0.3) is 0 Å². The Morgan fingerprint density at radius 2 is 2.00 bits per heavy atom. The van der Waals surface area contributed by atoms with E-state index >= 15 is 0 Å². The van der Waals surface area contributed by atoms with Crippen molar-refractivity contribution in [2.24, 2.45) is 0 Å². The predicted molar refractivity (Wildman–Crippen MR) is 59.1 cm³/mol. The molecule has 74 valence electrons. The molecule has 14 heavy (non-hydrogen) atoms. The topological polar surface area (TPSA) is 20.2 Å². The summed E-state index contributed by atoms with van der Waals surface area (Å²) in [6.07, 6.45) is 0.602. The largest absolute Gasteiger partial charge is 0.374 e. The molecule has 1 aromatic carbocycles. The maximum absolute atomic E-state index is 10.00. The zero-order chi connectivity index (χ0) is 10.4. The zero-order valence-corrected chi connectivity index (χ0v) is 8.88. The minimum Gasteiger partial charge on any atom is -0.374 e. The molecule has 1 atom stereocenters. The van der Waals surface area contributed by atoms with Crippen LogP contribution in [0.4, 0.5) is 0 Å². The molecule has 1 unspecified atom stereocenters. The Morgan fingerprint density at radius 3 is 2.57 bits per heavy atom. The number of hydrogen-bond donors (Lipinski definition) is 1. The van der Waals surface area contributed by atoms with E-state index in [4.69, 9.17) is 11.6 Å². The van der Waals surface area contributed by atoms with Crippen LogP contribution in [0.15, 0.2) is 30.3 Å². The van der Waals surface area contributed by atoms with Crippen LogP contribution in [0.1, 0.15) is 18.9 Å². The lowest BCUT2D eigenvalue weighted by molar-refractivity contribution is 0.122. The van der Waals surface area contributed by atoms with Crippen molar-refractivity contribution in [2.45, 2.75) is 18.9 Å². The van der Waals surface area contributed by atoms with E-state index in [2.05, 4.69) is 11.8 Å². The summed E-state index contributed by atoms with van der Waals surface area (Å²) in [6, 6.07) is 9.39. The quantitative estimate of drug-likeness (QED) is 0.585. The van der Waals surface area contributed by atoms with Gasteiger partial charge in [-0.05, 0) is 12.5 Å². The molecule has 1 aromatic rings. The van der Waals surface area contributed by atoms with E-state index < -0.39 is 5.60 Å². The van der Waals surface area contributed by atoms with Gasteiger partial charge in [0.1, 0.15) is 5.60 Å². The van der Waals surface area contributed by atoms with Crippen LogP contribution in [-0.2, 0) is 5.60 Å². The molecular formula is C12H13ClO. The highest BCUT2D eigenvalue weighted by atomic mass is 35.5. The second kappa shape index (κ2) is 5.05. The lowest BCUT2D eigenvalue weighted by atomic mass is 9.97. The molecule has 0 heterocycles. The lowest BCUT2D eigenvalue weighted by Crippen LogP contribution is -2.18. The van der Waals surface area contributed by atoms with Gasteiger partial charge in [-0.25, -0.2) is 0 Å². The maximum Gasteiger partial charge on any atom is 0.148 e. The summed E-state index contributed by atoms with van der Waals surface area (Å²) < 4.78 is 0. The van der Waals surface area contributed by atoms with Gasteiger partial charge in [0.05, 0.1) is 0 Å². The van der Waals surface area contributed by atoms with Crippen LogP contribution in [0.2, 0.25) is 0 Å². The van der Waals surface area contributed by atoms with Gasteiger partial charge in [-0.15, -0.1) is 11.6 Å². The van der Waals surface area contributed by atoms with Gasteiger partial charge in [-0.3, -0.25) is 0 Å². The predicted octanol–water partition coefficient (Wildman–Crippen LogP) is 2.53. The third-order valence-corrected chi connectivity index (χ3v) is 2.08. The number of alkyl halides is 1. The molecule has 0 saturated carbocycles. The summed E-state index contributed by atoms with van der Waals surface area (Å²) in [4.78, 5) is 0. The summed E-state index contributed by atoms with van der Waals surface area (Å²) in [7, 11) is 0. The monoisotopic (exact) mass is 208 g/mol. The van der Waals surface area contributed by atoms with Crippen molar-refractivity contribution < 1.29 is 5.11 Å². The fraction of sp³-hybridized carbons (Fsp3) is 0.333. The second-order valence-electron chi connectivity index (χ2n) is 3.18. The fourth-order valence-corrected chi connectivity index (χ4v) is 1.21. The number of hydrogen-bond acceptors (Lipinski definition) is 1. The lowest BCUT2D eigenvalue weighted by Gasteiger charge is -2.16. The standard InChI is InChI=1S/C12H13ClO/c1-12(14,9-5-6-10-13)11-7-3-2-4-8-11/h2-4,7-8,14H,6,10H2,1H3. The molecule has 1 rings (SSSR count). The highest BCUT2D eigenvalue weighted by Crippen LogP contribution is 2.18. The van der Waals surface area contributed by atoms with Crippen LogP contribution in [0.25, 0.3) is 0 Å².